The molecule has 0 fully saturated rings. The molecule has 0 spiro atoms. The zero-order valence-corrected chi connectivity index (χ0v) is 10.5. The first-order valence-corrected chi connectivity index (χ1v) is 6.67. The number of nitriles is 1. The topological polar surface area (TPSA) is 88.9 Å². The van der Waals surface area contributed by atoms with E-state index in [0.29, 0.717) is 5.69 Å². The SMILES string of the molecule is Cn1c(C#N)ccc1-c1ccc(S(N)(=O)=O)cc1. The Morgan fingerprint density at radius 2 is 1.78 bits per heavy atom. The molecule has 18 heavy (non-hydrogen) atoms. The van der Waals surface area contributed by atoms with E-state index in [2.05, 4.69) is 6.07 Å². The van der Waals surface area contributed by atoms with Crippen LogP contribution in [0.3, 0.4) is 0 Å². The van der Waals surface area contributed by atoms with Crippen LogP contribution in [0.4, 0.5) is 0 Å². The van der Waals surface area contributed by atoms with Crippen molar-refractivity contribution in [1.29, 1.82) is 5.26 Å². The summed E-state index contributed by atoms with van der Waals surface area (Å²) >= 11 is 0. The van der Waals surface area contributed by atoms with Crippen molar-refractivity contribution in [2.24, 2.45) is 12.2 Å². The van der Waals surface area contributed by atoms with Crippen molar-refractivity contribution >= 4 is 10.0 Å². The molecule has 0 saturated heterocycles. The van der Waals surface area contributed by atoms with Gasteiger partial charge in [0.2, 0.25) is 10.0 Å². The quantitative estimate of drug-likeness (QED) is 0.881. The van der Waals surface area contributed by atoms with E-state index in [1.54, 1.807) is 29.8 Å². The van der Waals surface area contributed by atoms with Gasteiger partial charge in [0.1, 0.15) is 11.8 Å². The van der Waals surface area contributed by atoms with E-state index in [0.717, 1.165) is 11.3 Å². The molecule has 0 aliphatic carbocycles. The third-order valence-electron chi connectivity index (χ3n) is 2.71. The highest BCUT2D eigenvalue weighted by Crippen LogP contribution is 2.22. The van der Waals surface area contributed by atoms with Gasteiger partial charge in [0.15, 0.2) is 0 Å². The molecule has 2 N–H and O–H groups in total. The smallest absolute Gasteiger partial charge is 0.238 e. The Bertz CT molecular complexity index is 722. The van der Waals surface area contributed by atoms with Crippen LogP contribution in [0.15, 0.2) is 41.3 Å². The van der Waals surface area contributed by atoms with Gasteiger partial charge in [-0.1, -0.05) is 12.1 Å². The van der Waals surface area contributed by atoms with Crippen LogP contribution in [0, 0.1) is 11.3 Å². The molecule has 0 unspecified atom stereocenters. The van der Waals surface area contributed by atoms with Crippen LogP contribution in [0.1, 0.15) is 5.69 Å². The predicted octanol–water partition coefficient (Wildman–Crippen LogP) is 1.21. The lowest BCUT2D eigenvalue weighted by Gasteiger charge is -2.05. The van der Waals surface area contributed by atoms with Crippen LogP contribution in [-0.2, 0) is 17.1 Å². The molecule has 0 bridgehead atoms. The largest absolute Gasteiger partial charge is 0.335 e. The minimum Gasteiger partial charge on any atom is -0.335 e. The number of hydrogen-bond acceptors (Lipinski definition) is 3. The van der Waals surface area contributed by atoms with Gasteiger partial charge in [-0.05, 0) is 29.8 Å². The van der Waals surface area contributed by atoms with E-state index in [1.165, 1.54) is 12.1 Å². The van der Waals surface area contributed by atoms with Gasteiger partial charge in [0, 0.05) is 12.7 Å². The minimum atomic E-state index is -3.67. The lowest BCUT2D eigenvalue weighted by Crippen LogP contribution is -2.11. The van der Waals surface area contributed by atoms with E-state index in [-0.39, 0.29) is 4.90 Å². The molecule has 0 saturated carbocycles. The van der Waals surface area contributed by atoms with Gasteiger partial charge in [-0.25, -0.2) is 13.6 Å². The highest BCUT2D eigenvalue weighted by Gasteiger charge is 2.09. The second-order valence-electron chi connectivity index (χ2n) is 3.84. The van der Waals surface area contributed by atoms with Gasteiger partial charge in [-0.15, -0.1) is 0 Å². The standard InChI is InChI=1S/C12H11N3O2S/c1-15-10(8-13)4-7-12(15)9-2-5-11(6-3-9)18(14,16)17/h2-7H,1H3,(H2,14,16,17). The summed E-state index contributed by atoms with van der Waals surface area (Å²) in [6.07, 6.45) is 0. The maximum atomic E-state index is 11.1. The lowest BCUT2D eigenvalue weighted by molar-refractivity contribution is 0.598. The molecule has 1 aromatic carbocycles. The number of primary sulfonamides is 1. The Hall–Kier alpha value is -2.10. The average Bonchev–Trinajstić information content (AvgIpc) is 2.69. The van der Waals surface area contributed by atoms with Crippen molar-refractivity contribution in [2.45, 2.75) is 4.90 Å². The van der Waals surface area contributed by atoms with E-state index >= 15 is 0 Å². The summed E-state index contributed by atoms with van der Waals surface area (Å²) in [6.45, 7) is 0. The summed E-state index contributed by atoms with van der Waals surface area (Å²) in [5.41, 5.74) is 2.21. The van der Waals surface area contributed by atoms with Crippen molar-refractivity contribution in [3.63, 3.8) is 0 Å². The maximum Gasteiger partial charge on any atom is 0.238 e. The van der Waals surface area contributed by atoms with Crippen molar-refractivity contribution in [3.05, 3.63) is 42.1 Å². The average molecular weight is 261 g/mol. The molecule has 5 nitrogen and oxygen atoms in total. The Kier molecular flexibility index (Phi) is 2.95. The second kappa shape index (κ2) is 4.29. The summed E-state index contributed by atoms with van der Waals surface area (Å²) in [5.74, 6) is 0. The summed E-state index contributed by atoms with van der Waals surface area (Å²) in [5, 5.41) is 13.9. The molecule has 6 heteroatoms. The molecule has 0 radical (unpaired) electrons. The zero-order chi connectivity index (χ0) is 13.3. The van der Waals surface area contributed by atoms with E-state index in [9.17, 15) is 8.42 Å². The monoisotopic (exact) mass is 261 g/mol. The van der Waals surface area contributed by atoms with E-state index < -0.39 is 10.0 Å². The Labute approximate surface area is 105 Å². The number of nitrogens with zero attached hydrogens (tertiary/aromatic N) is 2. The molecular weight excluding hydrogens is 250 g/mol. The number of nitrogens with two attached hydrogens (primary N) is 1. The Morgan fingerprint density at radius 1 is 1.17 bits per heavy atom. The van der Waals surface area contributed by atoms with Crippen LogP contribution >= 0.6 is 0 Å². The van der Waals surface area contributed by atoms with Crippen LogP contribution < -0.4 is 5.14 Å². The second-order valence-corrected chi connectivity index (χ2v) is 5.41. The summed E-state index contributed by atoms with van der Waals surface area (Å²) in [7, 11) is -1.89. The van der Waals surface area contributed by atoms with Crippen LogP contribution in [0.2, 0.25) is 0 Å². The summed E-state index contributed by atoms with van der Waals surface area (Å²) in [6, 6.07) is 11.8. The summed E-state index contributed by atoms with van der Waals surface area (Å²) in [4.78, 5) is 0.0703. The molecular formula is C12H11N3O2S. The molecule has 1 aromatic heterocycles. The molecule has 0 atom stereocenters. The highest BCUT2D eigenvalue weighted by molar-refractivity contribution is 7.89. The molecule has 0 amide bonds. The highest BCUT2D eigenvalue weighted by atomic mass is 32.2. The number of hydrogen-bond donors (Lipinski definition) is 1. The fourth-order valence-corrected chi connectivity index (χ4v) is 2.24. The van der Waals surface area contributed by atoms with Crippen molar-refractivity contribution in [3.8, 4) is 17.3 Å². The fourth-order valence-electron chi connectivity index (χ4n) is 1.73. The molecule has 1 heterocycles. The molecule has 0 aliphatic rings. The third kappa shape index (κ3) is 2.14. The number of rotatable bonds is 2. The van der Waals surface area contributed by atoms with Crippen molar-refractivity contribution in [1.82, 2.24) is 4.57 Å². The van der Waals surface area contributed by atoms with E-state index in [1.807, 2.05) is 6.07 Å². The minimum absolute atomic E-state index is 0.0703. The van der Waals surface area contributed by atoms with Crippen LogP contribution in [0.5, 0.6) is 0 Å². The first kappa shape index (κ1) is 12.4. The summed E-state index contributed by atoms with van der Waals surface area (Å²) < 4.78 is 24.0. The normalized spacial score (nSPS) is 11.2. The number of benzene rings is 1. The number of sulfonamides is 1. The van der Waals surface area contributed by atoms with Crippen LogP contribution in [-0.4, -0.2) is 13.0 Å². The van der Waals surface area contributed by atoms with Gasteiger partial charge in [0.25, 0.3) is 0 Å². The lowest BCUT2D eigenvalue weighted by atomic mass is 10.1. The van der Waals surface area contributed by atoms with Gasteiger partial charge in [-0.2, -0.15) is 5.26 Å². The Morgan fingerprint density at radius 3 is 2.22 bits per heavy atom. The van der Waals surface area contributed by atoms with Gasteiger partial charge in [-0.3, -0.25) is 0 Å². The third-order valence-corrected chi connectivity index (χ3v) is 3.64. The first-order valence-electron chi connectivity index (χ1n) is 5.12. The van der Waals surface area contributed by atoms with Crippen molar-refractivity contribution in [2.75, 3.05) is 0 Å². The van der Waals surface area contributed by atoms with Crippen molar-refractivity contribution < 1.29 is 8.42 Å². The fraction of sp³-hybridized carbons (Fsp3) is 0.0833. The number of aromatic nitrogens is 1. The maximum absolute atomic E-state index is 11.1. The first-order chi connectivity index (χ1) is 8.43. The molecule has 2 aromatic rings. The van der Waals surface area contributed by atoms with Gasteiger partial charge >= 0.3 is 0 Å². The zero-order valence-electron chi connectivity index (χ0n) is 9.66. The molecule has 0 aliphatic heterocycles. The Balaban J connectivity index is 2.48. The van der Waals surface area contributed by atoms with E-state index in [4.69, 9.17) is 10.4 Å². The van der Waals surface area contributed by atoms with Gasteiger partial charge < -0.3 is 4.57 Å². The van der Waals surface area contributed by atoms with Gasteiger partial charge in [0.05, 0.1) is 4.90 Å². The predicted molar refractivity (Wildman–Crippen MR) is 66.9 cm³/mol. The molecule has 92 valence electrons. The van der Waals surface area contributed by atoms with Crippen LogP contribution in [0.25, 0.3) is 11.3 Å². The molecule has 2 rings (SSSR count).